The standard InChI is InChI=1S/C11H8BrN3O2/c12-9-2-3-10(15-7-13-6-14-15)8(5-9)1-4-11(16)17/h1-7H,(H,16,17)/b4-1+. The average molecular weight is 294 g/mol. The molecule has 0 unspecified atom stereocenters. The van der Waals surface area contributed by atoms with Crippen LogP contribution in [0.5, 0.6) is 0 Å². The highest BCUT2D eigenvalue weighted by molar-refractivity contribution is 9.10. The van der Waals surface area contributed by atoms with Crippen molar-refractivity contribution in [3.05, 3.63) is 47.0 Å². The van der Waals surface area contributed by atoms with Gasteiger partial charge in [-0.25, -0.2) is 14.5 Å². The van der Waals surface area contributed by atoms with E-state index < -0.39 is 5.97 Å². The monoisotopic (exact) mass is 293 g/mol. The predicted molar refractivity (Wildman–Crippen MR) is 65.7 cm³/mol. The molecule has 0 spiro atoms. The molecule has 1 aromatic carbocycles. The van der Waals surface area contributed by atoms with Crippen LogP contribution in [-0.4, -0.2) is 25.8 Å². The van der Waals surface area contributed by atoms with Crippen molar-refractivity contribution in [3.63, 3.8) is 0 Å². The van der Waals surface area contributed by atoms with Crippen molar-refractivity contribution in [1.29, 1.82) is 0 Å². The van der Waals surface area contributed by atoms with Gasteiger partial charge < -0.3 is 5.11 Å². The third-order valence-electron chi connectivity index (χ3n) is 2.06. The molecule has 1 heterocycles. The second kappa shape index (κ2) is 4.92. The van der Waals surface area contributed by atoms with Crippen LogP contribution in [-0.2, 0) is 4.79 Å². The SMILES string of the molecule is O=C(O)/C=C/c1cc(Br)ccc1-n1cncn1. The van der Waals surface area contributed by atoms with E-state index in [9.17, 15) is 4.79 Å². The normalized spacial score (nSPS) is 10.9. The second-order valence-electron chi connectivity index (χ2n) is 3.21. The Balaban J connectivity index is 2.48. The van der Waals surface area contributed by atoms with Crippen molar-refractivity contribution in [1.82, 2.24) is 14.8 Å². The van der Waals surface area contributed by atoms with Gasteiger partial charge in [0.05, 0.1) is 5.69 Å². The maximum absolute atomic E-state index is 10.5. The molecule has 1 aromatic heterocycles. The number of carbonyl (C=O) groups is 1. The highest BCUT2D eigenvalue weighted by Gasteiger charge is 2.04. The molecule has 2 aromatic rings. The summed E-state index contributed by atoms with van der Waals surface area (Å²) < 4.78 is 2.44. The number of aromatic nitrogens is 3. The summed E-state index contributed by atoms with van der Waals surface area (Å²) in [6, 6.07) is 5.51. The molecule has 86 valence electrons. The van der Waals surface area contributed by atoms with Crippen LogP contribution < -0.4 is 0 Å². The van der Waals surface area contributed by atoms with Crippen LogP contribution >= 0.6 is 15.9 Å². The number of hydrogen-bond acceptors (Lipinski definition) is 3. The summed E-state index contributed by atoms with van der Waals surface area (Å²) in [5, 5.41) is 12.6. The van der Waals surface area contributed by atoms with E-state index in [1.807, 2.05) is 18.2 Å². The van der Waals surface area contributed by atoms with Crippen LogP contribution in [0.25, 0.3) is 11.8 Å². The Morgan fingerprint density at radius 1 is 1.47 bits per heavy atom. The summed E-state index contributed by atoms with van der Waals surface area (Å²) in [4.78, 5) is 14.4. The van der Waals surface area contributed by atoms with Crippen molar-refractivity contribution in [2.24, 2.45) is 0 Å². The van der Waals surface area contributed by atoms with Crippen molar-refractivity contribution in [2.45, 2.75) is 0 Å². The number of carboxylic acids is 1. The number of nitrogens with zero attached hydrogens (tertiary/aromatic N) is 3. The number of rotatable bonds is 3. The molecule has 0 radical (unpaired) electrons. The molecule has 1 N–H and O–H groups in total. The summed E-state index contributed by atoms with van der Waals surface area (Å²) in [6.07, 6.45) is 5.58. The molecule has 6 heteroatoms. The van der Waals surface area contributed by atoms with E-state index in [0.29, 0.717) is 0 Å². The van der Waals surface area contributed by atoms with Crippen LogP contribution in [0.2, 0.25) is 0 Å². The first-order valence-electron chi connectivity index (χ1n) is 4.72. The number of carboxylic acid groups (broad SMARTS) is 1. The summed E-state index contributed by atoms with van der Waals surface area (Å²) in [6.45, 7) is 0. The number of aliphatic carboxylic acids is 1. The molecular weight excluding hydrogens is 286 g/mol. The Bertz CT molecular complexity index is 564. The third kappa shape index (κ3) is 2.79. The van der Waals surface area contributed by atoms with E-state index in [1.165, 1.54) is 12.4 Å². The van der Waals surface area contributed by atoms with Gasteiger partial charge in [0.15, 0.2) is 0 Å². The number of halogens is 1. The highest BCUT2D eigenvalue weighted by Crippen LogP contribution is 2.20. The first kappa shape index (κ1) is 11.5. The molecule has 0 aliphatic heterocycles. The zero-order valence-electron chi connectivity index (χ0n) is 8.62. The summed E-state index contributed by atoms with van der Waals surface area (Å²) in [7, 11) is 0. The van der Waals surface area contributed by atoms with Crippen LogP contribution in [0.3, 0.4) is 0 Å². The Hall–Kier alpha value is -1.95. The lowest BCUT2D eigenvalue weighted by Crippen LogP contribution is -1.97. The lowest BCUT2D eigenvalue weighted by molar-refractivity contribution is -0.131. The Morgan fingerprint density at radius 2 is 2.29 bits per heavy atom. The van der Waals surface area contributed by atoms with Crippen LogP contribution in [0.4, 0.5) is 0 Å². The van der Waals surface area contributed by atoms with Crippen molar-refractivity contribution in [2.75, 3.05) is 0 Å². The lowest BCUT2D eigenvalue weighted by atomic mass is 10.1. The first-order valence-corrected chi connectivity index (χ1v) is 5.51. The molecule has 0 saturated carbocycles. The fourth-order valence-electron chi connectivity index (χ4n) is 1.36. The molecule has 2 rings (SSSR count). The molecule has 0 fully saturated rings. The number of benzene rings is 1. The fourth-order valence-corrected chi connectivity index (χ4v) is 1.74. The molecule has 0 saturated heterocycles. The van der Waals surface area contributed by atoms with Crippen molar-refractivity contribution in [3.8, 4) is 5.69 Å². The van der Waals surface area contributed by atoms with Gasteiger partial charge in [0.2, 0.25) is 0 Å². The average Bonchev–Trinajstić information content (AvgIpc) is 2.80. The van der Waals surface area contributed by atoms with E-state index in [2.05, 4.69) is 26.0 Å². The minimum Gasteiger partial charge on any atom is -0.478 e. The van der Waals surface area contributed by atoms with Crippen molar-refractivity contribution < 1.29 is 9.90 Å². The van der Waals surface area contributed by atoms with Gasteiger partial charge in [0.1, 0.15) is 12.7 Å². The van der Waals surface area contributed by atoms with Gasteiger partial charge in [-0.1, -0.05) is 15.9 Å². The third-order valence-corrected chi connectivity index (χ3v) is 2.55. The predicted octanol–water partition coefficient (Wildman–Crippen LogP) is 2.13. The minimum atomic E-state index is -0.991. The summed E-state index contributed by atoms with van der Waals surface area (Å²) >= 11 is 3.34. The van der Waals surface area contributed by atoms with Gasteiger partial charge in [-0.15, -0.1) is 0 Å². The smallest absolute Gasteiger partial charge is 0.328 e. The first-order chi connectivity index (χ1) is 8.16. The van der Waals surface area contributed by atoms with Gasteiger partial charge in [-0.05, 0) is 24.3 Å². The fraction of sp³-hybridized carbons (Fsp3) is 0. The lowest BCUT2D eigenvalue weighted by Gasteiger charge is -2.05. The largest absolute Gasteiger partial charge is 0.478 e. The molecule has 0 amide bonds. The molecule has 5 nitrogen and oxygen atoms in total. The van der Waals surface area contributed by atoms with Crippen molar-refractivity contribution >= 4 is 28.0 Å². The van der Waals surface area contributed by atoms with E-state index >= 15 is 0 Å². The molecular formula is C11H8BrN3O2. The van der Waals surface area contributed by atoms with Crippen LogP contribution in [0.1, 0.15) is 5.56 Å². The minimum absolute atomic E-state index is 0.743. The maximum Gasteiger partial charge on any atom is 0.328 e. The Kier molecular flexibility index (Phi) is 3.34. The number of hydrogen-bond donors (Lipinski definition) is 1. The van der Waals surface area contributed by atoms with Gasteiger partial charge >= 0.3 is 5.97 Å². The zero-order valence-corrected chi connectivity index (χ0v) is 10.2. The van der Waals surface area contributed by atoms with Crippen LogP contribution in [0.15, 0.2) is 41.4 Å². The molecule has 0 aliphatic rings. The van der Waals surface area contributed by atoms with Crippen LogP contribution in [0, 0.1) is 0 Å². The van der Waals surface area contributed by atoms with Gasteiger partial charge in [-0.2, -0.15) is 5.10 Å². The second-order valence-corrected chi connectivity index (χ2v) is 4.13. The molecule has 0 atom stereocenters. The van der Waals surface area contributed by atoms with Gasteiger partial charge in [-0.3, -0.25) is 0 Å². The van der Waals surface area contributed by atoms with E-state index in [0.717, 1.165) is 21.8 Å². The summed E-state index contributed by atoms with van der Waals surface area (Å²) in [5.41, 5.74) is 1.51. The van der Waals surface area contributed by atoms with Gasteiger partial charge in [0, 0.05) is 16.1 Å². The van der Waals surface area contributed by atoms with Gasteiger partial charge in [0.25, 0.3) is 0 Å². The van der Waals surface area contributed by atoms with E-state index in [1.54, 1.807) is 11.0 Å². The molecule has 0 aliphatic carbocycles. The van der Waals surface area contributed by atoms with E-state index in [4.69, 9.17) is 5.11 Å². The maximum atomic E-state index is 10.5. The topological polar surface area (TPSA) is 68.0 Å². The Labute approximate surface area is 106 Å². The Morgan fingerprint density at radius 3 is 2.94 bits per heavy atom. The highest BCUT2D eigenvalue weighted by atomic mass is 79.9. The molecule has 0 bridgehead atoms. The zero-order chi connectivity index (χ0) is 12.3. The summed E-state index contributed by atoms with van der Waals surface area (Å²) in [5.74, 6) is -0.991. The quantitative estimate of drug-likeness (QED) is 0.880. The molecule has 17 heavy (non-hydrogen) atoms. The van der Waals surface area contributed by atoms with E-state index in [-0.39, 0.29) is 0 Å².